The molecular weight excluding hydrogens is 294 g/mol. The number of aryl methyl sites for hydroxylation is 2. The van der Waals surface area contributed by atoms with Crippen molar-refractivity contribution in [3.8, 4) is 0 Å². The summed E-state index contributed by atoms with van der Waals surface area (Å²) in [5, 5.41) is 11.8. The Balaban J connectivity index is 1.68. The molecule has 2 aromatic heterocycles. The third-order valence-electron chi connectivity index (χ3n) is 4.50. The molecule has 0 spiro atoms. The normalized spacial score (nSPS) is 17.5. The first-order valence-electron chi connectivity index (χ1n) is 8.59. The van der Waals surface area contributed by atoms with Gasteiger partial charge in [0.15, 0.2) is 11.6 Å². The first-order valence-corrected chi connectivity index (χ1v) is 8.59. The van der Waals surface area contributed by atoms with Crippen LogP contribution in [0.2, 0.25) is 0 Å². The fourth-order valence-electron chi connectivity index (χ4n) is 3.17. The van der Waals surface area contributed by atoms with Crippen molar-refractivity contribution in [2.75, 3.05) is 0 Å². The lowest BCUT2D eigenvalue weighted by Gasteiger charge is -2.35. The van der Waals surface area contributed by atoms with Crippen LogP contribution in [0.1, 0.15) is 75.3 Å². The molecule has 0 saturated heterocycles. The van der Waals surface area contributed by atoms with Gasteiger partial charge in [0.05, 0.1) is 12.1 Å². The third-order valence-corrected chi connectivity index (χ3v) is 4.50. The summed E-state index contributed by atoms with van der Waals surface area (Å²) in [7, 11) is 0. The molecule has 0 amide bonds. The summed E-state index contributed by atoms with van der Waals surface area (Å²) in [5.41, 5.74) is -0.236. The van der Waals surface area contributed by atoms with E-state index in [1.165, 1.54) is 6.42 Å². The Bertz CT molecular complexity index is 616. The van der Waals surface area contributed by atoms with Gasteiger partial charge in [0.2, 0.25) is 11.8 Å². The van der Waals surface area contributed by atoms with E-state index in [9.17, 15) is 0 Å². The molecule has 2 heterocycles. The van der Waals surface area contributed by atoms with Crippen LogP contribution in [0.5, 0.6) is 0 Å². The van der Waals surface area contributed by atoms with Gasteiger partial charge in [-0.3, -0.25) is 5.32 Å². The van der Waals surface area contributed by atoms with Gasteiger partial charge in [-0.2, -0.15) is 9.97 Å². The number of rotatable bonds is 7. The molecule has 1 N–H and O–H groups in total. The molecule has 7 nitrogen and oxygen atoms in total. The van der Waals surface area contributed by atoms with Crippen LogP contribution in [0.4, 0.5) is 0 Å². The minimum absolute atomic E-state index is 0.236. The quantitative estimate of drug-likeness (QED) is 0.838. The standard InChI is InChI=1S/C16H25N5O2/c1-3-4-8-14-19-13(20-23-14)11-17-16(9-6-5-7-10-16)15-18-12(2)22-21-15/h17H,3-11H2,1-2H3. The molecule has 1 aliphatic carbocycles. The van der Waals surface area contributed by atoms with Crippen molar-refractivity contribution in [1.82, 2.24) is 25.6 Å². The van der Waals surface area contributed by atoms with E-state index in [1.54, 1.807) is 0 Å². The van der Waals surface area contributed by atoms with Crippen molar-refractivity contribution in [3.05, 3.63) is 23.4 Å². The topological polar surface area (TPSA) is 89.9 Å². The zero-order chi connectivity index (χ0) is 16.1. The van der Waals surface area contributed by atoms with Gasteiger partial charge in [0.1, 0.15) is 0 Å². The highest BCUT2D eigenvalue weighted by molar-refractivity contribution is 5.07. The van der Waals surface area contributed by atoms with E-state index >= 15 is 0 Å². The maximum atomic E-state index is 5.30. The van der Waals surface area contributed by atoms with Gasteiger partial charge < -0.3 is 9.05 Å². The van der Waals surface area contributed by atoms with E-state index in [0.29, 0.717) is 18.3 Å². The second-order valence-corrected chi connectivity index (χ2v) is 6.34. The van der Waals surface area contributed by atoms with Crippen molar-refractivity contribution >= 4 is 0 Å². The molecule has 23 heavy (non-hydrogen) atoms. The van der Waals surface area contributed by atoms with Crippen LogP contribution in [-0.4, -0.2) is 20.3 Å². The van der Waals surface area contributed by atoms with Crippen LogP contribution in [0.3, 0.4) is 0 Å². The van der Waals surface area contributed by atoms with Crippen molar-refractivity contribution < 1.29 is 9.05 Å². The van der Waals surface area contributed by atoms with Crippen LogP contribution >= 0.6 is 0 Å². The molecular formula is C16H25N5O2. The van der Waals surface area contributed by atoms with Gasteiger partial charge in [0.25, 0.3) is 0 Å². The first kappa shape index (κ1) is 16.1. The predicted molar refractivity (Wildman–Crippen MR) is 83.5 cm³/mol. The molecule has 0 atom stereocenters. The summed E-state index contributed by atoms with van der Waals surface area (Å²) in [6.45, 7) is 4.54. The van der Waals surface area contributed by atoms with Gasteiger partial charge in [-0.1, -0.05) is 42.9 Å². The number of nitrogens with zero attached hydrogens (tertiary/aromatic N) is 4. The zero-order valence-electron chi connectivity index (χ0n) is 14.0. The van der Waals surface area contributed by atoms with Gasteiger partial charge in [-0.15, -0.1) is 0 Å². The lowest BCUT2D eigenvalue weighted by atomic mass is 9.81. The van der Waals surface area contributed by atoms with E-state index in [2.05, 4.69) is 32.5 Å². The van der Waals surface area contributed by atoms with Crippen molar-refractivity contribution in [2.24, 2.45) is 0 Å². The second-order valence-electron chi connectivity index (χ2n) is 6.34. The smallest absolute Gasteiger partial charge is 0.226 e. The molecule has 3 rings (SSSR count). The van der Waals surface area contributed by atoms with Crippen LogP contribution in [0, 0.1) is 6.92 Å². The maximum Gasteiger partial charge on any atom is 0.226 e. The fourth-order valence-corrected chi connectivity index (χ4v) is 3.17. The van der Waals surface area contributed by atoms with E-state index < -0.39 is 0 Å². The number of aromatic nitrogens is 4. The molecule has 1 aliphatic rings. The minimum atomic E-state index is -0.236. The lowest BCUT2D eigenvalue weighted by molar-refractivity contribution is 0.208. The molecule has 126 valence electrons. The molecule has 1 saturated carbocycles. The van der Waals surface area contributed by atoms with Crippen LogP contribution in [-0.2, 0) is 18.5 Å². The van der Waals surface area contributed by atoms with Crippen molar-refractivity contribution in [2.45, 2.75) is 77.3 Å². The van der Waals surface area contributed by atoms with Gasteiger partial charge in [-0.25, -0.2) is 0 Å². The Morgan fingerprint density at radius 1 is 1.09 bits per heavy atom. The van der Waals surface area contributed by atoms with E-state index in [0.717, 1.165) is 56.7 Å². The second kappa shape index (κ2) is 7.21. The summed E-state index contributed by atoms with van der Waals surface area (Å²) in [6, 6.07) is 0. The fraction of sp³-hybridized carbons (Fsp3) is 0.750. The Morgan fingerprint density at radius 2 is 1.91 bits per heavy atom. The highest BCUT2D eigenvalue weighted by atomic mass is 16.5. The van der Waals surface area contributed by atoms with Gasteiger partial charge >= 0.3 is 0 Å². The van der Waals surface area contributed by atoms with E-state index in [-0.39, 0.29) is 5.54 Å². The van der Waals surface area contributed by atoms with E-state index in [1.807, 2.05) is 6.92 Å². The van der Waals surface area contributed by atoms with Crippen LogP contribution < -0.4 is 5.32 Å². The average Bonchev–Trinajstić information content (AvgIpc) is 3.21. The largest absolute Gasteiger partial charge is 0.340 e. The summed E-state index contributed by atoms with van der Waals surface area (Å²) < 4.78 is 10.5. The van der Waals surface area contributed by atoms with Gasteiger partial charge in [0, 0.05) is 13.3 Å². The zero-order valence-corrected chi connectivity index (χ0v) is 14.0. The summed E-state index contributed by atoms with van der Waals surface area (Å²) in [5.74, 6) is 2.77. The molecule has 0 radical (unpaired) electrons. The lowest BCUT2D eigenvalue weighted by Crippen LogP contribution is -2.44. The summed E-state index contributed by atoms with van der Waals surface area (Å²) >= 11 is 0. The van der Waals surface area contributed by atoms with Gasteiger partial charge in [-0.05, 0) is 19.3 Å². The molecule has 0 bridgehead atoms. The SMILES string of the molecule is CCCCc1nc(CNC2(c3noc(C)n3)CCCCC2)no1. The number of hydrogen-bond acceptors (Lipinski definition) is 7. The van der Waals surface area contributed by atoms with Crippen LogP contribution in [0.25, 0.3) is 0 Å². The minimum Gasteiger partial charge on any atom is -0.340 e. The molecule has 0 aliphatic heterocycles. The summed E-state index contributed by atoms with van der Waals surface area (Å²) in [4.78, 5) is 8.92. The number of unbranched alkanes of at least 4 members (excludes halogenated alkanes) is 1. The van der Waals surface area contributed by atoms with Crippen LogP contribution in [0.15, 0.2) is 9.05 Å². The highest BCUT2D eigenvalue weighted by Gasteiger charge is 2.38. The Labute approximate surface area is 136 Å². The summed E-state index contributed by atoms with van der Waals surface area (Å²) in [6.07, 6.45) is 8.63. The Kier molecular flexibility index (Phi) is 5.05. The van der Waals surface area contributed by atoms with Crippen molar-refractivity contribution in [1.29, 1.82) is 0 Å². The number of hydrogen-bond donors (Lipinski definition) is 1. The maximum absolute atomic E-state index is 5.30. The van der Waals surface area contributed by atoms with Crippen molar-refractivity contribution in [3.63, 3.8) is 0 Å². The highest BCUT2D eigenvalue weighted by Crippen LogP contribution is 2.35. The predicted octanol–water partition coefficient (Wildman–Crippen LogP) is 3.05. The van der Waals surface area contributed by atoms with E-state index in [4.69, 9.17) is 9.05 Å². The first-order chi connectivity index (χ1) is 11.2. The molecule has 2 aromatic rings. The number of nitrogens with one attached hydrogen (secondary N) is 1. The molecule has 1 fully saturated rings. The third kappa shape index (κ3) is 3.77. The molecule has 7 heteroatoms. The Hall–Kier alpha value is -1.76. The molecule has 0 unspecified atom stereocenters. The monoisotopic (exact) mass is 319 g/mol. The average molecular weight is 319 g/mol. The molecule has 0 aromatic carbocycles. The Morgan fingerprint density at radius 3 is 2.61 bits per heavy atom.